The molecule has 6 heteroatoms. The molecule has 0 radical (unpaired) electrons. The van der Waals surface area contributed by atoms with Gasteiger partial charge in [0.15, 0.2) is 0 Å². The zero-order chi connectivity index (χ0) is 22.2. The molecule has 0 unspecified atom stereocenters. The molecule has 172 valence electrons. The van der Waals surface area contributed by atoms with E-state index in [1.807, 2.05) is 24.4 Å². The predicted molar refractivity (Wildman–Crippen MR) is 135 cm³/mol. The molecule has 3 aromatic rings. The van der Waals surface area contributed by atoms with Gasteiger partial charge in [-0.2, -0.15) is 0 Å². The van der Waals surface area contributed by atoms with Crippen LogP contribution in [-0.2, 0) is 0 Å². The minimum atomic E-state index is 0.732. The quantitative estimate of drug-likeness (QED) is 0.397. The van der Waals surface area contributed by atoms with Crippen LogP contribution in [0.25, 0.3) is 22.2 Å². The van der Waals surface area contributed by atoms with Crippen LogP contribution in [0.1, 0.15) is 64.2 Å². The molecule has 2 heterocycles. The predicted octanol–water partition coefficient (Wildman–Crippen LogP) is 6.80. The molecule has 2 aliphatic rings. The Morgan fingerprint density at radius 2 is 1.69 bits per heavy atom. The molecule has 0 atom stereocenters. The van der Waals surface area contributed by atoms with Crippen LogP contribution in [0.15, 0.2) is 36.8 Å². The highest BCUT2D eigenvalue weighted by atomic mass is 35.5. The van der Waals surface area contributed by atoms with Gasteiger partial charge >= 0.3 is 0 Å². The molecule has 2 aromatic heterocycles. The Kier molecular flexibility index (Phi) is 8.41. The summed E-state index contributed by atoms with van der Waals surface area (Å²) in [6, 6.07) is 7.89. The third-order valence-electron chi connectivity index (χ3n) is 6.95. The first-order chi connectivity index (χ1) is 15.7. The van der Waals surface area contributed by atoms with Crippen LogP contribution in [0, 0.1) is 11.8 Å². The van der Waals surface area contributed by atoms with Gasteiger partial charge in [-0.15, -0.1) is 0 Å². The third kappa shape index (κ3) is 6.02. The van der Waals surface area contributed by atoms with E-state index in [1.165, 1.54) is 64.2 Å². The molecule has 2 aliphatic carbocycles. The fourth-order valence-corrected chi connectivity index (χ4v) is 5.23. The number of nitrogens with one attached hydrogen (secondary N) is 2. The highest BCUT2D eigenvalue weighted by Gasteiger charge is 2.16. The molecule has 0 saturated heterocycles. The van der Waals surface area contributed by atoms with E-state index in [2.05, 4.69) is 26.3 Å². The molecule has 2 fully saturated rings. The summed E-state index contributed by atoms with van der Waals surface area (Å²) in [6.07, 6.45) is 17.4. The number of hydrogen-bond acceptors (Lipinski definition) is 4. The van der Waals surface area contributed by atoms with Gasteiger partial charge in [0.1, 0.15) is 17.8 Å². The third-order valence-corrected chi connectivity index (χ3v) is 7.18. The second-order valence-corrected chi connectivity index (χ2v) is 9.72. The smallest absolute Gasteiger partial charge is 0.143 e. The monoisotopic (exact) mass is 453 g/mol. The maximum absolute atomic E-state index is 6.16. The van der Waals surface area contributed by atoms with Gasteiger partial charge in [-0.05, 0) is 61.8 Å². The van der Waals surface area contributed by atoms with Crippen molar-refractivity contribution in [3.05, 3.63) is 41.8 Å². The van der Waals surface area contributed by atoms with Crippen molar-refractivity contribution < 1.29 is 0 Å². The summed E-state index contributed by atoms with van der Waals surface area (Å²) in [6.45, 7) is 1.90. The minimum absolute atomic E-state index is 0.732. The fraction of sp³-hybridized carbons (Fsp3) is 0.538. The Morgan fingerprint density at radius 3 is 2.34 bits per heavy atom. The van der Waals surface area contributed by atoms with Crippen molar-refractivity contribution in [2.24, 2.45) is 17.6 Å². The lowest BCUT2D eigenvalue weighted by atomic mass is 9.89. The second kappa shape index (κ2) is 11.7. The first kappa shape index (κ1) is 23.1. The van der Waals surface area contributed by atoms with E-state index in [0.717, 1.165) is 57.9 Å². The van der Waals surface area contributed by atoms with Crippen molar-refractivity contribution in [1.82, 2.24) is 15.0 Å². The van der Waals surface area contributed by atoms with Gasteiger partial charge in [0.25, 0.3) is 0 Å². The first-order valence-electron chi connectivity index (χ1n) is 12.3. The zero-order valence-corrected chi connectivity index (χ0v) is 19.7. The van der Waals surface area contributed by atoms with Crippen molar-refractivity contribution >= 4 is 28.5 Å². The van der Waals surface area contributed by atoms with Gasteiger partial charge in [-0.3, -0.25) is 0 Å². The van der Waals surface area contributed by atoms with Crippen molar-refractivity contribution in [2.45, 2.75) is 64.2 Å². The summed E-state index contributed by atoms with van der Waals surface area (Å²) < 4.78 is 0. The van der Waals surface area contributed by atoms with Crippen LogP contribution in [0.2, 0.25) is 5.02 Å². The molecule has 2 saturated carbocycles. The van der Waals surface area contributed by atoms with E-state index in [9.17, 15) is 0 Å². The van der Waals surface area contributed by atoms with E-state index < -0.39 is 0 Å². The molecule has 0 bridgehead atoms. The van der Waals surface area contributed by atoms with E-state index in [-0.39, 0.29) is 0 Å². The number of nitrogens with two attached hydrogens (primary N) is 1. The van der Waals surface area contributed by atoms with E-state index >= 15 is 0 Å². The molecule has 0 aliphatic heterocycles. The minimum Gasteiger partial charge on any atom is -0.369 e. The van der Waals surface area contributed by atoms with Crippen molar-refractivity contribution in [3.8, 4) is 11.1 Å². The molecule has 1 aromatic carbocycles. The van der Waals surface area contributed by atoms with Gasteiger partial charge in [-0.1, -0.05) is 62.3 Å². The van der Waals surface area contributed by atoms with Gasteiger partial charge < -0.3 is 16.0 Å². The van der Waals surface area contributed by atoms with Crippen molar-refractivity contribution in [1.29, 1.82) is 0 Å². The Balaban J connectivity index is 0.000000260. The number of aromatic nitrogens is 3. The average molecular weight is 454 g/mol. The lowest BCUT2D eigenvalue weighted by molar-refractivity contribution is 0.366. The zero-order valence-electron chi connectivity index (χ0n) is 19.0. The van der Waals surface area contributed by atoms with E-state index in [1.54, 1.807) is 6.33 Å². The maximum Gasteiger partial charge on any atom is 0.143 e. The number of H-pyrrole nitrogens is 1. The standard InChI is InChI=1S/C19H21ClN4.C7H15N/c20-15-8-4-7-14(9-15)16-11-22-19-17(16)18(23-12-24-19)21-10-13-5-2-1-3-6-13;8-6-7-4-2-1-3-5-7/h4,7-9,11-13H,1-3,5-6,10H2,(H2,21,22,23,24);7H,1-6,8H2. The lowest BCUT2D eigenvalue weighted by Crippen LogP contribution is -2.17. The number of halogens is 1. The molecular weight excluding hydrogens is 418 g/mol. The summed E-state index contributed by atoms with van der Waals surface area (Å²) in [4.78, 5) is 12.1. The average Bonchev–Trinajstić information content (AvgIpc) is 3.29. The number of fused-ring (bicyclic) bond motifs is 1. The molecule has 0 spiro atoms. The highest BCUT2D eigenvalue weighted by Crippen LogP contribution is 2.33. The Labute approximate surface area is 196 Å². The van der Waals surface area contributed by atoms with Gasteiger partial charge in [0, 0.05) is 23.3 Å². The van der Waals surface area contributed by atoms with E-state index in [0.29, 0.717) is 0 Å². The second-order valence-electron chi connectivity index (χ2n) is 9.28. The maximum atomic E-state index is 6.16. The summed E-state index contributed by atoms with van der Waals surface area (Å²) in [5.41, 5.74) is 8.51. The molecule has 5 nitrogen and oxygen atoms in total. The number of rotatable bonds is 5. The van der Waals surface area contributed by atoms with Crippen LogP contribution in [0.4, 0.5) is 5.82 Å². The SMILES string of the molecule is Clc1cccc(-c2c[nH]c3ncnc(NCC4CCCCC4)c23)c1.NCC1CCCCC1. The molecular formula is C26H36ClN5. The Hall–Kier alpha value is -2.11. The number of aromatic amines is 1. The number of nitrogens with zero attached hydrogens (tertiary/aromatic N) is 2. The number of anilines is 1. The van der Waals surface area contributed by atoms with Crippen LogP contribution in [-0.4, -0.2) is 28.0 Å². The van der Waals surface area contributed by atoms with Crippen LogP contribution in [0.5, 0.6) is 0 Å². The molecule has 4 N–H and O–H groups in total. The first-order valence-corrected chi connectivity index (χ1v) is 12.6. The van der Waals surface area contributed by atoms with E-state index in [4.69, 9.17) is 17.3 Å². The lowest BCUT2D eigenvalue weighted by Gasteiger charge is -2.22. The topological polar surface area (TPSA) is 79.6 Å². The normalized spacial score (nSPS) is 17.7. The summed E-state index contributed by atoms with van der Waals surface area (Å²) in [5.74, 6) is 2.52. The summed E-state index contributed by atoms with van der Waals surface area (Å²) >= 11 is 6.16. The van der Waals surface area contributed by atoms with Gasteiger partial charge in [-0.25, -0.2) is 9.97 Å². The van der Waals surface area contributed by atoms with Gasteiger partial charge in [0.2, 0.25) is 0 Å². The number of benzene rings is 1. The Morgan fingerprint density at radius 1 is 0.969 bits per heavy atom. The van der Waals surface area contributed by atoms with Crippen molar-refractivity contribution in [3.63, 3.8) is 0 Å². The molecule has 0 amide bonds. The summed E-state index contributed by atoms with van der Waals surface area (Å²) in [5, 5.41) is 5.33. The van der Waals surface area contributed by atoms with Gasteiger partial charge in [0.05, 0.1) is 5.39 Å². The van der Waals surface area contributed by atoms with Crippen LogP contribution >= 0.6 is 11.6 Å². The molecule has 5 rings (SSSR count). The summed E-state index contributed by atoms with van der Waals surface area (Å²) in [7, 11) is 0. The fourth-order valence-electron chi connectivity index (χ4n) is 5.04. The van der Waals surface area contributed by atoms with Crippen molar-refractivity contribution in [2.75, 3.05) is 18.4 Å². The molecule has 32 heavy (non-hydrogen) atoms. The van der Waals surface area contributed by atoms with Crippen LogP contribution < -0.4 is 11.1 Å². The Bertz CT molecular complexity index is 973. The highest BCUT2D eigenvalue weighted by molar-refractivity contribution is 6.31. The number of hydrogen-bond donors (Lipinski definition) is 3. The largest absolute Gasteiger partial charge is 0.369 e. The van der Waals surface area contributed by atoms with Crippen LogP contribution in [0.3, 0.4) is 0 Å².